The number of para-hydroxylation sites is 1. The first-order valence-electron chi connectivity index (χ1n) is 10.3. The average molecular weight is 407 g/mol. The summed E-state index contributed by atoms with van der Waals surface area (Å²) < 4.78 is 1.24. The van der Waals surface area contributed by atoms with E-state index in [2.05, 4.69) is 18.2 Å². The van der Waals surface area contributed by atoms with Gasteiger partial charge in [-0.05, 0) is 17.7 Å². The highest BCUT2D eigenvalue weighted by Crippen LogP contribution is 2.31. The monoisotopic (exact) mass is 406 g/mol. The van der Waals surface area contributed by atoms with Gasteiger partial charge in [-0.15, -0.1) is 11.3 Å². The molecule has 5 nitrogen and oxygen atoms in total. The van der Waals surface area contributed by atoms with E-state index in [0.29, 0.717) is 18.9 Å². The maximum absolute atomic E-state index is 13.0. The molecule has 0 bridgehead atoms. The molecule has 2 aromatic carbocycles. The van der Waals surface area contributed by atoms with Crippen molar-refractivity contribution in [3.8, 4) is 0 Å². The minimum atomic E-state index is -0.220. The summed E-state index contributed by atoms with van der Waals surface area (Å²) in [5.74, 6) is 0.417. The van der Waals surface area contributed by atoms with Gasteiger partial charge in [-0.1, -0.05) is 42.5 Å². The summed E-state index contributed by atoms with van der Waals surface area (Å²) in [5, 5.41) is 1.21. The molecule has 6 heteroatoms. The molecule has 1 N–H and O–H groups in total. The number of imide groups is 1. The van der Waals surface area contributed by atoms with Gasteiger partial charge < -0.3 is 4.90 Å². The molecule has 0 unspecified atom stereocenters. The predicted molar refractivity (Wildman–Crippen MR) is 113 cm³/mol. The first-order valence-corrected chi connectivity index (χ1v) is 11.1. The number of rotatable bonds is 4. The van der Waals surface area contributed by atoms with Crippen LogP contribution in [0.2, 0.25) is 0 Å². The number of carbonyl (C=O) groups is 2. The van der Waals surface area contributed by atoms with E-state index in [1.54, 1.807) is 11.3 Å². The van der Waals surface area contributed by atoms with Crippen LogP contribution in [-0.4, -0.2) is 40.8 Å². The second-order valence-corrected chi connectivity index (χ2v) is 9.08. The van der Waals surface area contributed by atoms with Crippen molar-refractivity contribution in [1.29, 1.82) is 0 Å². The number of likely N-dealkylation sites (tertiary alicyclic amines) is 2. The van der Waals surface area contributed by atoms with Crippen LogP contribution >= 0.6 is 11.3 Å². The van der Waals surface area contributed by atoms with Crippen LogP contribution in [0.25, 0.3) is 10.2 Å². The smallest absolute Gasteiger partial charge is 0.288 e. The molecule has 2 aliphatic heterocycles. The summed E-state index contributed by atoms with van der Waals surface area (Å²) in [6.45, 7) is 2.23. The Hall–Kier alpha value is -2.57. The van der Waals surface area contributed by atoms with E-state index in [4.69, 9.17) is 4.98 Å². The molecule has 3 aromatic rings. The van der Waals surface area contributed by atoms with Crippen molar-refractivity contribution in [2.45, 2.75) is 37.8 Å². The fourth-order valence-corrected chi connectivity index (χ4v) is 5.72. The van der Waals surface area contributed by atoms with Crippen molar-refractivity contribution in [3.63, 3.8) is 0 Å². The maximum Gasteiger partial charge on any atom is 0.288 e. The second-order valence-electron chi connectivity index (χ2n) is 8.01. The Morgan fingerprint density at radius 3 is 2.48 bits per heavy atom. The molecule has 5 rings (SSSR count). The van der Waals surface area contributed by atoms with Crippen LogP contribution in [0, 0.1) is 0 Å². The fourth-order valence-electron chi connectivity index (χ4n) is 4.58. The number of thiazole rings is 1. The molecule has 2 saturated heterocycles. The van der Waals surface area contributed by atoms with E-state index in [9.17, 15) is 9.59 Å². The van der Waals surface area contributed by atoms with Crippen molar-refractivity contribution in [3.05, 3.63) is 65.2 Å². The molecule has 0 radical (unpaired) electrons. The lowest BCUT2D eigenvalue weighted by molar-refractivity contribution is -0.920. The van der Waals surface area contributed by atoms with Gasteiger partial charge in [0, 0.05) is 18.8 Å². The van der Waals surface area contributed by atoms with Crippen molar-refractivity contribution < 1.29 is 14.5 Å². The Morgan fingerprint density at radius 2 is 1.72 bits per heavy atom. The van der Waals surface area contributed by atoms with E-state index in [-0.39, 0.29) is 17.9 Å². The number of carbonyl (C=O) groups excluding carboxylic acids is 2. The van der Waals surface area contributed by atoms with Crippen molar-refractivity contribution in [2.24, 2.45) is 0 Å². The SMILES string of the molecule is O=C1C[C@H]([NH+]2CCC(c3nc4ccccc4s3)CC2)C(=O)N1Cc1ccccc1. The summed E-state index contributed by atoms with van der Waals surface area (Å²) >= 11 is 1.79. The zero-order valence-corrected chi connectivity index (χ0v) is 17.0. The number of hydrogen-bond donors (Lipinski definition) is 1. The average Bonchev–Trinajstić information content (AvgIpc) is 3.31. The van der Waals surface area contributed by atoms with Crippen molar-refractivity contribution in [1.82, 2.24) is 9.88 Å². The van der Waals surface area contributed by atoms with Crippen molar-refractivity contribution in [2.75, 3.05) is 13.1 Å². The topological polar surface area (TPSA) is 54.7 Å². The van der Waals surface area contributed by atoms with E-state index >= 15 is 0 Å². The maximum atomic E-state index is 13.0. The normalized spacial score (nSPS) is 25.1. The molecule has 1 aromatic heterocycles. The molecule has 3 heterocycles. The molecule has 29 heavy (non-hydrogen) atoms. The Kier molecular flexibility index (Phi) is 4.89. The zero-order valence-electron chi connectivity index (χ0n) is 16.2. The predicted octanol–water partition coefficient (Wildman–Crippen LogP) is 2.39. The van der Waals surface area contributed by atoms with Crippen LogP contribution in [0.3, 0.4) is 0 Å². The molecule has 2 aliphatic rings. The van der Waals surface area contributed by atoms with Crippen LogP contribution in [0.4, 0.5) is 0 Å². The van der Waals surface area contributed by atoms with Gasteiger partial charge in [-0.3, -0.25) is 14.5 Å². The number of benzene rings is 2. The summed E-state index contributed by atoms with van der Waals surface area (Å²) in [4.78, 5) is 33.0. The second kappa shape index (κ2) is 7.69. The van der Waals surface area contributed by atoms with E-state index in [1.165, 1.54) is 19.5 Å². The third kappa shape index (κ3) is 3.58. The van der Waals surface area contributed by atoms with Gasteiger partial charge >= 0.3 is 0 Å². The highest BCUT2D eigenvalue weighted by molar-refractivity contribution is 7.18. The van der Waals surface area contributed by atoms with Gasteiger partial charge in [0.25, 0.3) is 5.91 Å². The number of aromatic nitrogens is 1. The summed E-state index contributed by atoms with van der Waals surface area (Å²) in [5.41, 5.74) is 2.08. The van der Waals surface area contributed by atoms with Crippen LogP contribution in [0.1, 0.15) is 35.8 Å². The standard InChI is InChI=1S/C23H23N3O2S/c27-21-14-19(23(28)26(21)15-16-6-2-1-3-7-16)25-12-10-17(11-13-25)22-24-18-8-4-5-9-20(18)29-22/h1-9,17,19H,10-15H2/p+1/t19-/m0/s1. The van der Waals surface area contributed by atoms with Crippen LogP contribution < -0.4 is 4.90 Å². The molecule has 0 saturated carbocycles. The lowest BCUT2D eigenvalue weighted by atomic mass is 9.96. The summed E-state index contributed by atoms with van der Waals surface area (Å²) in [7, 11) is 0. The molecule has 2 fully saturated rings. The third-order valence-electron chi connectivity index (χ3n) is 6.21. The number of piperidine rings is 1. The zero-order chi connectivity index (χ0) is 19.8. The highest BCUT2D eigenvalue weighted by atomic mass is 32.1. The fraction of sp³-hybridized carbons (Fsp3) is 0.348. The molecular weight excluding hydrogens is 382 g/mol. The minimum Gasteiger partial charge on any atom is -0.324 e. The van der Waals surface area contributed by atoms with E-state index in [0.717, 1.165) is 37.0 Å². The third-order valence-corrected chi connectivity index (χ3v) is 7.41. The van der Waals surface area contributed by atoms with Gasteiger partial charge in [-0.25, -0.2) is 4.98 Å². The summed E-state index contributed by atoms with van der Waals surface area (Å²) in [6, 6.07) is 17.8. The minimum absolute atomic E-state index is 0.00714. The van der Waals surface area contributed by atoms with Crippen LogP contribution in [0.5, 0.6) is 0 Å². The van der Waals surface area contributed by atoms with Gasteiger partial charge in [-0.2, -0.15) is 0 Å². The molecular formula is C23H24N3O2S+. The first-order chi connectivity index (χ1) is 14.2. The number of quaternary nitrogens is 1. The van der Waals surface area contributed by atoms with Crippen LogP contribution in [0.15, 0.2) is 54.6 Å². The number of nitrogens with zero attached hydrogens (tertiary/aromatic N) is 2. The van der Waals surface area contributed by atoms with Gasteiger partial charge in [0.05, 0.1) is 41.3 Å². The van der Waals surface area contributed by atoms with Crippen LogP contribution in [-0.2, 0) is 16.1 Å². The van der Waals surface area contributed by atoms with Gasteiger partial charge in [0.2, 0.25) is 5.91 Å². The number of fused-ring (bicyclic) bond motifs is 1. The Balaban J connectivity index is 1.23. The lowest BCUT2D eigenvalue weighted by Crippen LogP contribution is -3.17. The van der Waals surface area contributed by atoms with E-state index in [1.807, 2.05) is 36.4 Å². The van der Waals surface area contributed by atoms with Gasteiger partial charge in [0.15, 0.2) is 6.04 Å². The Morgan fingerprint density at radius 1 is 1.00 bits per heavy atom. The first kappa shape index (κ1) is 18.5. The highest BCUT2D eigenvalue weighted by Gasteiger charge is 2.45. The van der Waals surface area contributed by atoms with Gasteiger partial charge in [0.1, 0.15) is 0 Å². The van der Waals surface area contributed by atoms with E-state index < -0.39 is 0 Å². The molecule has 0 aliphatic carbocycles. The Labute approximate surface area is 174 Å². The molecule has 1 atom stereocenters. The Bertz CT molecular complexity index is 1010. The number of amides is 2. The quantitative estimate of drug-likeness (QED) is 0.677. The molecule has 148 valence electrons. The lowest BCUT2D eigenvalue weighted by Gasteiger charge is -2.31. The largest absolute Gasteiger partial charge is 0.324 e. The number of hydrogen-bond acceptors (Lipinski definition) is 4. The molecule has 0 spiro atoms. The summed E-state index contributed by atoms with van der Waals surface area (Å²) in [6.07, 6.45) is 2.38. The number of nitrogens with one attached hydrogen (secondary N) is 1. The molecule has 2 amide bonds. The van der Waals surface area contributed by atoms with Crippen molar-refractivity contribution >= 4 is 33.4 Å².